The number of benzene rings is 2. The van der Waals surface area contributed by atoms with Crippen LogP contribution in [0.25, 0.3) is 0 Å². The second-order valence-corrected chi connectivity index (χ2v) is 6.15. The van der Waals surface area contributed by atoms with Crippen molar-refractivity contribution in [1.82, 2.24) is 5.32 Å². The van der Waals surface area contributed by atoms with E-state index in [0.29, 0.717) is 17.8 Å². The van der Waals surface area contributed by atoms with Gasteiger partial charge < -0.3 is 10.6 Å². The van der Waals surface area contributed by atoms with Gasteiger partial charge in [0, 0.05) is 25.1 Å². The predicted molar refractivity (Wildman–Crippen MR) is 96.4 cm³/mol. The molecule has 26 heavy (non-hydrogen) atoms. The zero-order valence-electron chi connectivity index (χ0n) is 14.5. The fraction of sp³-hybridized carbons (Fsp3) is 0.250. The number of halogens is 1. The molecule has 2 rings (SSSR count). The van der Waals surface area contributed by atoms with Crippen molar-refractivity contribution < 1.29 is 14.0 Å². The number of amides is 2. The lowest BCUT2D eigenvalue weighted by molar-refractivity contribution is -0.122. The lowest BCUT2D eigenvalue weighted by Crippen LogP contribution is -2.26. The van der Waals surface area contributed by atoms with Crippen LogP contribution in [0, 0.1) is 23.1 Å². The predicted octanol–water partition coefficient (Wildman–Crippen LogP) is 3.37. The molecule has 0 radical (unpaired) electrons. The normalized spacial score (nSPS) is 11.3. The molecule has 2 aromatic rings. The third-order valence-corrected chi connectivity index (χ3v) is 3.77. The van der Waals surface area contributed by atoms with Crippen molar-refractivity contribution in [3.63, 3.8) is 0 Å². The second-order valence-electron chi connectivity index (χ2n) is 6.15. The summed E-state index contributed by atoms with van der Waals surface area (Å²) in [5.41, 5.74) is 1.95. The zero-order chi connectivity index (χ0) is 18.9. The molecule has 0 aromatic heterocycles. The topological polar surface area (TPSA) is 82.0 Å². The lowest BCUT2D eigenvalue weighted by Gasteiger charge is -2.12. The molecular formula is C20H20FN3O2. The molecule has 6 heteroatoms. The van der Waals surface area contributed by atoms with Gasteiger partial charge in [0.1, 0.15) is 5.82 Å². The highest BCUT2D eigenvalue weighted by molar-refractivity contribution is 5.91. The number of hydrogen-bond acceptors (Lipinski definition) is 3. The zero-order valence-corrected chi connectivity index (χ0v) is 14.5. The molecule has 134 valence electrons. The smallest absolute Gasteiger partial charge is 0.224 e. The first-order valence-electron chi connectivity index (χ1n) is 8.27. The minimum absolute atomic E-state index is 0.124. The highest BCUT2D eigenvalue weighted by Crippen LogP contribution is 2.13. The first-order valence-corrected chi connectivity index (χ1v) is 8.27. The molecule has 0 saturated carbocycles. The summed E-state index contributed by atoms with van der Waals surface area (Å²) in [5.74, 6) is -0.787. The van der Waals surface area contributed by atoms with Crippen LogP contribution in [0.15, 0.2) is 48.5 Å². The van der Waals surface area contributed by atoms with Crippen molar-refractivity contribution >= 4 is 17.5 Å². The van der Waals surface area contributed by atoms with Crippen molar-refractivity contribution in [3.05, 3.63) is 65.5 Å². The molecule has 1 atom stereocenters. The van der Waals surface area contributed by atoms with Crippen LogP contribution in [0.1, 0.15) is 30.9 Å². The first-order chi connectivity index (χ1) is 12.5. The van der Waals surface area contributed by atoms with E-state index in [1.807, 2.05) is 13.0 Å². The summed E-state index contributed by atoms with van der Waals surface area (Å²) in [7, 11) is 0. The number of rotatable bonds is 7. The summed E-state index contributed by atoms with van der Waals surface area (Å²) in [6, 6.07) is 14.5. The Kier molecular flexibility index (Phi) is 6.86. The Morgan fingerprint density at radius 3 is 2.27 bits per heavy atom. The Bertz CT molecular complexity index is 795. The molecular weight excluding hydrogens is 333 g/mol. The number of carbonyl (C=O) groups excluding carboxylic acids is 2. The fourth-order valence-corrected chi connectivity index (χ4v) is 2.42. The summed E-state index contributed by atoms with van der Waals surface area (Å²) in [6.45, 7) is 2.15. The Hall–Kier alpha value is -3.20. The van der Waals surface area contributed by atoms with Gasteiger partial charge in [-0.25, -0.2) is 4.39 Å². The van der Waals surface area contributed by atoms with Crippen LogP contribution in [0.3, 0.4) is 0 Å². The molecule has 0 aliphatic rings. The molecule has 0 aliphatic carbocycles. The van der Waals surface area contributed by atoms with Crippen LogP contribution in [0.2, 0.25) is 0 Å². The summed E-state index contributed by atoms with van der Waals surface area (Å²) < 4.78 is 12.8. The Morgan fingerprint density at radius 2 is 1.65 bits per heavy atom. The number of nitrogens with zero attached hydrogens (tertiary/aromatic N) is 1. The van der Waals surface area contributed by atoms with E-state index in [2.05, 4.69) is 10.6 Å². The van der Waals surface area contributed by atoms with Crippen LogP contribution in [-0.2, 0) is 16.1 Å². The molecule has 2 amide bonds. The molecule has 0 aliphatic heterocycles. The molecule has 0 heterocycles. The molecule has 5 nitrogen and oxygen atoms in total. The fourth-order valence-electron chi connectivity index (χ4n) is 2.42. The Balaban J connectivity index is 1.73. The van der Waals surface area contributed by atoms with E-state index < -0.39 is 0 Å². The summed E-state index contributed by atoms with van der Waals surface area (Å²) in [5, 5.41) is 14.3. The summed E-state index contributed by atoms with van der Waals surface area (Å²) >= 11 is 0. The van der Waals surface area contributed by atoms with E-state index in [1.165, 1.54) is 12.1 Å². The van der Waals surface area contributed by atoms with E-state index >= 15 is 0 Å². The maximum atomic E-state index is 12.8. The second kappa shape index (κ2) is 9.33. The monoisotopic (exact) mass is 353 g/mol. The Morgan fingerprint density at radius 1 is 1.04 bits per heavy atom. The van der Waals surface area contributed by atoms with E-state index in [9.17, 15) is 14.0 Å². The van der Waals surface area contributed by atoms with Crippen LogP contribution >= 0.6 is 0 Å². The maximum Gasteiger partial charge on any atom is 0.224 e. The van der Waals surface area contributed by atoms with Crippen LogP contribution in [0.4, 0.5) is 10.1 Å². The number of nitrogens with one attached hydrogen (secondary N) is 2. The van der Waals surface area contributed by atoms with E-state index in [1.54, 1.807) is 36.4 Å². The average Bonchev–Trinajstić information content (AvgIpc) is 2.61. The van der Waals surface area contributed by atoms with Gasteiger partial charge in [0.05, 0.1) is 11.6 Å². The van der Waals surface area contributed by atoms with E-state index in [-0.39, 0.29) is 36.4 Å². The van der Waals surface area contributed by atoms with Crippen molar-refractivity contribution in [3.8, 4) is 6.07 Å². The van der Waals surface area contributed by atoms with Crippen LogP contribution in [-0.4, -0.2) is 11.8 Å². The van der Waals surface area contributed by atoms with Crippen LogP contribution in [0.5, 0.6) is 0 Å². The SMILES string of the molecule is C[C@H](CC(=O)NCc1ccc(F)cc1)CC(=O)Nc1ccc(C#N)cc1. The van der Waals surface area contributed by atoms with E-state index in [4.69, 9.17) is 5.26 Å². The van der Waals surface area contributed by atoms with Gasteiger partial charge in [-0.15, -0.1) is 0 Å². The van der Waals surface area contributed by atoms with Gasteiger partial charge in [-0.3, -0.25) is 9.59 Å². The average molecular weight is 353 g/mol. The first kappa shape index (κ1) is 19.1. The highest BCUT2D eigenvalue weighted by Gasteiger charge is 2.13. The molecule has 0 unspecified atom stereocenters. The van der Waals surface area contributed by atoms with Gasteiger partial charge in [0.2, 0.25) is 11.8 Å². The molecule has 0 fully saturated rings. The van der Waals surface area contributed by atoms with Crippen molar-refractivity contribution in [2.45, 2.75) is 26.3 Å². The highest BCUT2D eigenvalue weighted by atomic mass is 19.1. The standard InChI is InChI=1S/C20H20FN3O2/c1-14(10-19(25)23-13-16-2-6-17(21)7-3-16)11-20(26)24-18-8-4-15(12-22)5-9-18/h2-9,14H,10-11,13H2,1H3,(H,23,25)(H,24,26)/t14-/m1/s1. The lowest BCUT2D eigenvalue weighted by atomic mass is 10.0. The molecule has 0 spiro atoms. The minimum atomic E-state index is -0.318. The van der Waals surface area contributed by atoms with Crippen molar-refractivity contribution in [2.75, 3.05) is 5.32 Å². The number of anilines is 1. The largest absolute Gasteiger partial charge is 0.352 e. The van der Waals surface area contributed by atoms with Gasteiger partial charge in [0.25, 0.3) is 0 Å². The minimum Gasteiger partial charge on any atom is -0.352 e. The molecule has 0 saturated heterocycles. The van der Waals surface area contributed by atoms with E-state index in [0.717, 1.165) is 5.56 Å². The van der Waals surface area contributed by atoms with Crippen LogP contribution < -0.4 is 10.6 Å². The summed E-state index contributed by atoms with van der Waals surface area (Å²) in [4.78, 5) is 24.0. The summed E-state index contributed by atoms with van der Waals surface area (Å²) in [6.07, 6.45) is 0.436. The maximum absolute atomic E-state index is 12.8. The number of hydrogen-bond donors (Lipinski definition) is 2. The Labute approximate surface area is 151 Å². The van der Waals surface area contributed by atoms with Gasteiger partial charge in [-0.1, -0.05) is 19.1 Å². The molecule has 2 N–H and O–H groups in total. The number of carbonyl (C=O) groups is 2. The molecule has 0 bridgehead atoms. The van der Waals surface area contributed by atoms with Gasteiger partial charge in [0.15, 0.2) is 0 Å². The van der Waals surface area contributed by atoms with Gasteiger partial charge >= 0.3 is 0 Å². The third kappa shape index (κ3) is 6.36. The third-order valence-electron chi connectivity index (χ3n) is 3.77. The van der Waals surface area contributed by atoms with Crippen molar-refractivity contribution in [1.29, 1.82) is 5.26 Å². The number of nitriles is 1. The molecule has 2 aromatic carbocycles. The van der Waals surface area contributed by atoms with Gasteiger partial charge in [-0.05, 0) is 47.9 Å². The quantitative estimate of drug-likeness (QED) is 0.801. The van der Waals surface area contributed by atoms with Crippen molar-refractivity contribution in [2.24, 2.45) is 5.92 Å². The van der Waals surface area contributed by atoms with Gasteiger partial charge in [-0.2, -0.15) is 5.26 Å².